The molecule has 15 heavy (non-hydrogen) atoms. The van der Waals surface area contributed by atoms with E-state index in [0.717, 1.165) is 9.12 Å². The van der Waals surface area contributed by atoms with Gasteiger partial charge in [0.25, 0.3) is 5.24 Å². The summed E-state index contributed by atoms with van der Waals surface area (Å²) in [6, 6.07) is -0.568. The number of halogens is 1. The van der Waals surface area contributed by atoms with Crippen LogP contribution in [-0.2, 0) is 9.53 Å². The molecule has 0 aromatic carbocycles. The quantitative estimate of drug-likeness (QED) is 0.353. The molecule has 0 aliphatic heterocycles. The van der Waals surface area contributed by atoms with Crippen molar-refractivity contribution in [2.45, 2.75) is 26.3 Å². The Labute approximate surface area is 112 Å². The number of hydrogen-bond acceptors (Lipinski definition) is 4. The van der Waals surface area contributed by atoms with Crippen molar-refractivity contribution in [2.24, 2.45) is 5.92 Å². The lowest BCUT2D eigenvalue weighted by atomic mass is 10.0. The first kappa shape index (κ1) is 15.4. The first-order valence-electron chi connectivity index (χ1n) is 4.32. The van der Waals surface area contributed by atoms with E-state index in [0.29, 0.717) is 12.3 Å². The number of carbonyl (C=O) groups is 2. The van der Waals surface area contributed by atoms with E-state index in [9.17, 15) is 9.59 Å². The van der Waals surface area contributed by atoms with Crippen LogP contribution in [0, 0.1) is 5.92 Å². The average molecular weight is 363 g/mol. The lowest BCUT2D eigenvalue weighted by Gasteiger charge is -2.25. The molecule has 0 aromatic rings. The number of esters is 1. The SMILES string of the molecule is COC(=O)C(CC(C)C)N(SI)C(=O)S. The Morgan fingerprint density at radius 2 is 2.07 bits per heavy atom. The molecule has 1 unspecified atom stereocenters. The molecule has 0 aliphatic carbocycles. The van der Waals surface area contributed by atoms with Crippen LogP contribution < -0.4 is 0 Å². The van der Waals surface area contributed by atoms with Crippen LogP contribution in [0.25, 0.3) is 0 Å². The van der Waals surface area contributed by atoms with Crippen molar-refractivity contribution in [2.75, 3.05) is 7.11 Å². The van der Waals surface area contributed by atoms with Gasteiger partial charge in [-0.3, -0.25) is 9.10 Å². The zero-order valence-corrected chi connectivity index (χ0v) is 12.6. The van der Waals surface area contributed by atoms with Crippen LogP contribution in [-0.4, -0.2) is 28.7 Å². The molecule has 0 aliphatic rings. The van der Waals surface area contributed by atoms with Crippen LogP contribution in [0.4, 0.5) is 4.79 Å². The Morgan fingerprint density at radius 3 is 2.33 bits per heavy atom. The van der Waals surface area contributed by atoms with Crippen molar-refractivity contribution >= 4 is 54.2 Å². The highest BCUT2D eigenvalue weighted by Crippen LogP contribution is 2.27. The molecule has 1 amide bonds. The number of carbonyl (C=O) groups excluding carboxylic acids is 2. The molecule has 0 aromatic heterocycles. The first-order chi connectivity index (χ1) is 6.93. The summed E-state index contributed by atoms with van der Waals surface area (Å²) in [6.07, 6.45) is 0.564. The molecule has 88 valence electrons. The third-order valence-corrected chi connectivity index (χ3v) is 3.91. The van der Waals surface area contributed by atoms with Crippen molar-refractivity contribution in [3.8, 4) is 0 Å². The van der Waals surface area contributed by atoms with Crippen molar-refractivity contribution in [3.63, 3.8) is 0 Å². The molecule has 0 saturated heterocycles. The molecule has 0 saturated carbocycles. The molecule has 1 atom stereocenters. The monoisotopic (exact) mass is 363 g/mol. The zero-order valence-electron chi connectivity index (χ0n) is 8.77. The summed E-state index contributed by atoms with van der Waals surface area (Å²) in [6.45, 7) is 3.96. The van der Waals surface area contributed by atoms with E-state index in [1.54, 1.807) is 0 Å². The van der Waals surface area contributed by atoms with Gasteiger partial charge in [-0.2, -0.15) is 0 Å². The van der Waals surface area contributed by atoms with Crippen molar-refractivity contribution < 1.29 is 14.3 Å². The minimum absolute atomic E-state index is 0.299. The third kappa shape index (κ3) is 5.30. The van der Waals surface area contributed by atoms with Crippen molar-refractivity contribution in [3.05, 3.63) is 0 Å². The summed E-state index contributed by atoms with van der Waals surface area (Å²) >= 11 is 5.66. The number of ether oxygens (including phenoxy) is 1. The van der Waals surface area contributed by atoms with Gasteiger partial charge in [0.05, 0.1) is 7.11 Å². The van der Waals surface area contributed by atoms with Crippen molar-refractivity contribution in [1.29, 1.82) is 0 Å². The molecule has 0 N–H and O–H groups in total. The maximum absolute atomic E-state index is 11.5. The Kier molecular flexibility index (Phi) is 7.80. The van der Waals surface area contributed by atoms with Crippen LogP contribution in [0.1, 0.15) is 20.3 Å². The number of amides is 1. The van der Waals surface area contributed by atoms with E-state index in [2.05, 4.69) is 17.4 Å². The second kappa shape index (κ2) is 7.61. The number of thiol groups is 1. The molecular weight excluding hydrogens is 349 g/mol. The Hall–Kier alpha value is 0.370. The van der Waals surface area contributed by atoms with E-state index in [1.807, 2.05) is 35.1 Å². The largest absolute Gasteiger partial charge is 0.467 e. The van der Waals surface area contributed by atoms with Crippen LogP contribution in [0.15, 0.2) is 0 Å². The van der Waals surface area contributed by atoms with Gasteiger partial charge in [0.1, 0.15) is 6.04 Å². The highest BCUT2D eigenvalue weighted by atomic mass is 127. The highest BCUT2D eigenvalue weighted by Gasteiger charge is 2.30. The minimum atomic E-state index is -0.568. The molecule has 4 nitrogen and oxygen atoms in total. The summed E-state index contributed by atoms with van der Waals surface area (Å²) in [5.41, 5.74) is 0. The predicted octanol–water partition coefficient (Wildman–Crippen LogP) is 2.92. The number of methoxy groups -OCH3 is 1. The maximum atomic E-state index is 11.5. The number of rotatable bonds is 5. The second-order valence-electron chi connectivity index (χ2n) is 3.35. The molecule has 0 fully saturated rings. The fourth-order valence-electron chi connectivity index (χ4n) is 1.08. The topological polar surface area (TPSA) is 46.6 Å². The number of hydrogen-bond donors (Lipinski definition) is 1. The molecule has 0 heterocycles. The van der Waals surface area contributed by atoms with E-state index in [-0.39, 0.29) is 0 Å². The molecule has 0 rings (SSSR count). The van der Waals surface area contributed by atoms with E-state index in [1.165, 1.54) is 11.4 Å². The van der Waals surface area contributed by atoms with Gasteiger partial charge in [-0.1, -0.05) is 26.5 Å². The van der Waals surface area contributed by atoms with Gasteiger partial charge in [-0.05, 0) is 12.3 Å². The van der Waals surface area contributed by atoms with Gasteiger partial charge in [0, 0.05) is 30.3 Å². The van der Waals surface area contributed by atoms with E-state index >= 15 is 0 Å². The van der Waals surface area contributed by atoms with Gasteiger partial charge in [-0.25, -0.2) is 4.79 Å². The fraction of sp³-hybridized carbons (Fsp3) is 0.750. The molecule has 0 spiro atoms. The van der Waals surface area contributed by atoms with Crippen LogP contribution in [0.5, 0.6) is 0 Å². The minimum Gasteiger partial charge on any atom is -0.467 e. The molecule has 0 bridgehead atoms. The average Bonchev–Trinajstić information content (AvgIpc) is 2.15. The third-order valence-electron chi connectivity index (χ3n) is 1.71. The summed E-state index contributed by atoms with van der Waals surface area (Å²) in [5.74, 6) is -0.108. The first-order valence-corrected chi connectivity index (χ1v) is 8.09. The van der Waals surface area contributed by atoms with E-state index in [4.69, 9.17) is 0 Å². The van der Waals surface area contributed by atoms with Gasteiger partial charge in [-0.15, -0.1) is 0 Å². The van der Waals surface area contributed by atoms with Gasteiger partial charge in [0.15, 0.2) is 0 Å². The van der Waals surface area contributed by atoms with Crippen LogP contribution in [0.3, 0.4) is 0 Å². The Morgan fingerprint density at radius 1 is 1.53 bits per heavy atom. The number of nitrogens with zero attached hydrogens (tertiary/aromatic N) is 1. The lowest BCUT2D eigenvalue weighted by molar-refractivity contribution is -0.144. The summed E-state index contributed by atoms with van der Waals surface area (Å²) in [4.78, 5) is 22.7. The standard InChI is InChI=1S/C8H14INO3S2/c1-5(2)4-6(7(11)13-3)10(15-9)8(12)14/h5-6H,4H2,1-3H3,(H,12,14). The molecular formula is C8H14INO3S2. The van der Waals surface area contributed by atoms with E-state index < -0.39 is 17.3 Å². The molecule has 7 heteroatoms. The fourth-order valence-corrected chi connectivity index (χ4v) is 3.50. The Balaban J connectivity index is 4.73. The molecule has 0 radical (unpaired) electrons. The smallest absolute Gasteiger partial charge is 0.329 e. The van der Waals surface area contributed by atoms with Gasteiger partial charge >= 0.3 is 5.97 Å². The highest BCUT2D eigenvalue weighted by molar-refractivity contribution is 14.2. The normalized spacial score (nSPS) is 12.4. The van der Waals surface area contributed by atoms with Gasteiger partial charge in [0.2, 0.25) is 0 Å². The van der Waals surface area contributed by atoms with Crippen LogP contribution >= 0.6 is 43.0 Å². The summed E-state index contributed by atoms with van der Waals surface area (Å²) in [7, 11) is 2.46. The maximum Gasteiger partial charge on any atom is 0.329 e. The van der Waals surface area contributed by atoms with Gasteiger partial charge < -0.3 is 4.74 Å². The second-order valence-corrected chi connectivity index (χ2v) is 5.44. The zero-order chi connectivity index (χ0) is 12.0. The van der Waals surface area contributed by atoms with Crippen molar-refractivity contribution in [1.82, 2.24) is 4.31 Å². The Bertz CT molecular complexity index is 238. The lowest BCUT2D eigenvalue weighted by Crippen LogP contribution is -2.39. The predicted molar refractivity (Wildman–Crippen MR) is 73.1 cm³/mol. The van der Waals surface area contributed by atoms with Crippen LogP contribution in [0.2, 0.25) is 0 Å². The summed E-state index contributed by atoms with van der Waals surface area (Å²) < 4.78 is 5.98. The summed E-state index contributed by atoms with van der Waals surface area (Å²) in [5, 5.41) is -0.439.